The fourth-order valence-electron chi connectivity index (χ4n) is 2.28. The first-order valence-corrected chi connectivity index (χ1v) is 6.81. The molecule has 0 radical (unpaired) electrons. The maximum absolute atomic E-state index is 12.2. The Hall–Kier alpha value is -1.46. The molecule has 2 rings (SSSR count). The minimum Gasteiger partial charge on any atom is -0.340 e. The summed E-state index contributed by atoms with van der Waals surface area (Å²) in [6.07, 6.45) is 4.61. The van der Waals surface area contributed by atoms with Crippen LogP contribution in [0, 0.1) is 0 Å². The number of amides is 1. The minimum absolute atomic E-state index is 0.222. The van der Waals surface area contributed by atoms with Gasteiger partial charge in [-0.05, 0) is 37.7 Å². The molecule has 1 aromatic heterocycles. The van der Waals surface area contributed by atoms with Gasteiger partial charge in [-0.25, -0.2) is 0 Å². The van der Waals surface area contributed by atoms with Crippen LogP contribution in [0.3, 0.4) is 0 Å². The Balaban J connectivity index is 1.80. The molecule has 1 aromatic rings. The van der Waals surface area contributed by atoms with Crippen molar-refractivity contribution in [1.29, 1.82) is 0 Å². The van der Waals surface area contributed by atoms with Gasteiger partial charge < -0.3 is 10.2 Å². The maximum atomic E-state index is 12.2. The van der Waals surface area contributed by atoms with Crippen molar-refractivity contribution in [3.8, 4) is 0 Å². The van der Waals surface area contributed by atoms with E-state index in [0.29, 0.717) is 6.54 Å². The van der Waals surface area contributed by atoms with Crippen molar-refractivity contribution in [2.24, 2.45) is 0 Å². The summed E-state index contributed by atoms with van der Waals surface area (Å²) in [6.45, 7) is 4.86. The highest BCUT2D eigenvalue weighted by atomic mass is 16.2. The maximum Gasteiger partial charge on any atom is 0.236 e. The third kappa shape index (κ3) is 4.61. The van der Waals surface area contributed by atoms with Crippen LogP contribution in [0.1, 0.15) is 12.0 Å². The van der Waals surface area contributed by atoms with E-state index in [0.717, 1.165) is 39.1 Å². The Kier molecular flexibility index (Phi) is 5.30. The average molecular weight is 262 g/mol. The number of hydrogen-bond acceptors (Lipinski definition) is 4. The second kappa shape index (κ2) is 7.21. The lowest BCUT2D eigenvalue weighted by Crippen LogP contribution is -2.40. The third-order valence-corrected chi connectivity index (χ3v) is 3.30. The number of pyridine rings is 1. The molecular formula is C14H22N4O. The summed E-state index contributed by atoms with van der Waals surface area (Å²) >= 11 is 0. The molecule has 0 atom stereocenters. The fraction of sp³-hybridized carbons (Fsp3) is 0.571. The second-order valence-corrected chi connectivity index (χ2v) is 5.01. The zero-order valence-corrected chi connectivity index (χ0v) is 11.5. The summed E-state index contributed by atoms with van der Waals surface area (Å²) in [5, 5.41) is 3.31. The molecule has 19 heavy (non-hydrogen) atoms. The van der Waals surface area contributed by atoms with Crippen LogP contribution in [0.15, 0.2) is 24.5 Å². The fourth-order valence-corrected chi connectivity index (χ4v) is 2.28. The van der Waals surface area contributed by atoms with E-state index in [1.807, 2.05) is 24.1 Å². The summed E-state index contributed by atoms with van der Waals surface area (Å²) in [5.74, 6) is 0.222. The first kappa shape index (κ1) is 14.0. The van der Waals surface area contributed by atoms with Crippen molar-refractivity contribution in [2.45, 2.75) is 13.0 Å². The Bertz CT molecular complexity index is 388. The SMILES string of the molecule is CN(CC(=O)N1CCCNCC1)Cc1ccncc1. The predicted octanol–water partition coefficient (Wildman–Crippen LogP) is 0.335. The number of aromatic nitrogens is 1. The normalized spacial score (nSPS) is 16.4. The zero-order chi connectivity index (χ0) is 13.5. The first-order valence-electron chi connectivity index (χ1n) is 6.81. The van der Waals surface area contributed by atoms with E-state index in [9.17, 15) is 4.79 Å². The predicted molar refractivity (Wildman–Crippen MR) is 74.6 cm³/mol. The van der Waals surface area contributed by atoms with Crippen LogP contribution in [0.2, 0.25) is 0 Å². The van der Waals surface area contributed by atoms with Gasteiger partial charge in [0.05, 0.1) is 6.54 Å². The van der Waals surface area contributed by atoms with Crippen LogP contribution in [0.5, 0.6) is 0 Å². The number of nitrogens with zero attached hydrogens (tertiary/aromatic N) is 3. The molecule has 1 aliphatic rings. The standard InChI is InChI=1S/C14H22N4O/c1-17(11-13-3-6-16-7-4-13)12-14(19)18-9-2-5-15-8-10-18/h3-4,6-7,15H,2,5,8-12H2,1H3. The Morgan fingerprint density at radius 1 is 1.37 bits per heavy atom. The van der Waals surface area contributed by atoms with Gasteiger partial charge >= 0.3 is 0 Å². The van der Waals surface area contributed by atoms with Gasteiger partial charge in [-0.3, -0.25) is 14.7 Å². The van der Waals surface area contributed by atoms with E-state index in [1.54, 1.807) is 12.4 Å². The van der Waals surface area contributed by atoms with Crippen molar-refractivity contribution in [3.63, 3.8) is 0 Å². The molecule has 1 amide bonds. The molecule has 0 unspecified atom stereocenters. The quantitative estimate of drug-likeness (QED) is 0.850. The second-order valence-electron chi connectivity index (χ2n) is 5.01. The lowest BCUT2D eigenvalue weighted by Gasteiger charge is -2.23. The summed E-state index contributed by atoms with van der Waals surface area (Å²) in [4.78, 5) is 20.2. The molecule has 0 spiro atoms. The monoisotopic (exact) mass is 262 g/mol. The molecule has 5 heteroatoms. The van der Waals surface area contributed by atoms with Crippen LogP contribution >= 0.6 is 0 Å². The molecule has 1 fully saturated rings. The van der Waals surface area contributed by atoms with Crippen LogP contribution in [0.4, 0.5) is 0 Å². The molecule has 5 nitrogen and oxygen atoms in total. The van der Waals surface area contributed by atoms with Gasteiger partial charge in [-0.1, -0.05) is 0 Å². The molecule has 0 aliphatic carbocycles. The zero-order valence-electron chi connectivity index (χ0n) is 11.5. The summed E-state index contributed by atoms with van der Waals surface area (Å²) in [6, 6.07) is 3.97. The number of hydrogen-bond donors (Lipinski definition) is 1. The first-order chi connectivity index (χ1) is 9.25. The highest BCUT2D eigenvalue weighted by molar-refractivity contribution is 5.78. The van der Waals surface area contributed by atoms with Gasteiger partial charge in [-0.15, -0.1) is 0 Å². The average Bonchev–Trinajstić information content (AvgIpc) is 2.68. The molecule has 0 aromatic carbocycles. The van der Waals surface area contributed by atoms with Crippen molar-refractivity contribution < 1.29 is 4.79 Å². The lowest BCUT2D eigenvalue weighted by molar-refractivity contribution is -0.132. The van der Waals surface area contributed by atoms with Crippen LogP contribution < -0.4 is 5.32 Å². The molecule has 1 saturated heterocycles. The van der Waals surface area contributed by atoms with E-state index in [-0.39, 0.29) is 5.91 Å². The lowest BCUT2D eigenvalue weighted by atomic mass is 10.2. The molecule has 1 aliphatic heterocycles. The topological polar surface area (TPSA) is 48.5 Å². The number of carbonyl (C=O) groups excluding carboxylic acids is 1. The highest BCUT2D eigenvalue weighted by Crippen LogP contribution is 2.03. The van der Waals surface area contributed by atoms with Crippen LogP contribution in [0.25, 0.3) is 0 Å². The molecular weight excluding hydrogens is 240 g/mol. The van der Waals surface area contributed by atoms with Gasteiger partial charge in [0.2, 0.25) is 5.91 Å². The number of likely N-dealkylation sites (N-methyl/N-ethyl adjacent to an activating group) is 1. The van der Waals surface area contributed by atoms with Crippen molar-refractivity contribution in [3.05, 3.63) is 30.1 Å². The Morgan fingerprint density at radius 3 is 2.95 bits per heavy atom. The molecule has 0 bridgehead atoms. The van der Waals surface area contributed by atoms with Crippen LogP contribution in [-0.2, 0) is 11.3 Å². The number of rotatable bonds is 4. The van der Waals surface area contributed by atoms with E-state index < -0.39 is 0 Å². The Morgan fingerprint density at radius 2 is 2.16 bits per heavy atom. The third-order valence-electron chi connectivity index (χ3n) is 3.30. The highest BCUT2D eigenvalue weighted by Gasteiger charge is 2.16. The van der Waals surface area contributed by atoms with Crippen molar-refractivity contribution >= 4 is 5.91 Å². The largest absolute Gasteiger partial charge is 0.340 e. The van der Waals surface area contributed by atoms with Gasteiger partial charge in [0.1, 0.15) is 0 Å². The smallest absolute Gasteiger partial charge is 0.236 e. The van der Waals surface area contributed by atoms with Crippen molar-refractivity contribution in [1.82, 2.24) is 20.1 Å². The van der Waals surface area contributed by atoms with E-state index in [2.05, 4.69) is 15.2 Å². The molecule has 0 saturated carbocycles. The molecule has 104 valence electrons. The van der Waals surface area contributed by atoms with Crippen molar-refractivity contribution in [2.75, 3.05) is 39.8 Å². The van der Waals surface area contributed by atoms with E-state index in [4.69, 9.17) is 0 Å². The van der Waals surface area contributed by atoms with Gasteiger partial charge in [0.25, 0.3) is 0 Å². The van der Waals surface area contributed by atoms with Crippen LogP contribution in [-0.4, -0.2) is 60.5 Å². The Labute approximate surface area is 114 Å². The summed E-state index contributed by atoms with van der Waals surface area (Å²) in [5.41, 5.74) is 1.18. The molecule has 2 heterocycles. The molecule has 1 N–H and O–H groups in total. The number of carbonyl (C=O) groups is 1. The van der Waals surface area contributed by atoms with E-state index in [1.165, 1.54) is 5.56 Å². The van der Waals surface area contributed by atoms with E-state index >= 15 is 0 Å². The summed E-state index contributed by atoms with van der Waals surface area (Å²) in [7, 11) is 1.98. The van der Waals surface area contributed by atoms with Gasteiger partial charge in [0, 0.05) is 38.6 Å². The summed E-state index contributed by atoms with van der Waals surface area (Å²) < 4.78 is 0. The number of nitrogens with one attached hydrogen (secondary N) is 1. The van der Waals surface area contributed by atoms with Gasteiger partial charge in [0.15, 0.2) is 0 Å². The minimum atomic E-state index is 0.222. The van der Waals surface area contributed by atoms with Gasteiger partial charge in [-0.2, -0.15) is 0 Å².